The molecule has 1 spiro atoms. The maximum Gasteiger partial charge on any atom is 0.253 e. The third-order valence-corrected chi connectivity index (χ3v) is 6.09. The van der Waals surface area contributed by atoms with Gasteiger partial charge in [-0.1, -0.05) is 48.2 Å². The van der Waals surface area contributed by atoms with Crippen LogP contribution >= 0.6 is 11.8 Å². The molecule has 1 heterocycles. The second kappa shape index (κ2) is 5.29. The van der Waals surface area contributed by atoms with Gasteiger partial charge in [0.1, 0.15) is 5.82 Å². The molecule has 0 saturated carbocycles. The van der Waals surface area contributed by atoms with Crippen molar-refractivity contribution in [3.8, 4) is 0 Å². The van der Waals surface area contributed by atoms with Gasteiger partial charge in [-0.15, -0.1) is 0 Å². The van der Waals surface area contributed by atoms with Crippen LogP contribution in [0.25, 0.3) is 10.8 Å². The fraction of sp³-hybridized carbons (Fsp3) is 0.0476. The van der Waals surface area contributed by atoms with Gasteiger partial charge in [-0.2, -0.15) is 0 Å². The molecule has 1 aliphatic heterocycles. The number of hydrogen-bond acceptors (Lipinski definition) is 3. The minimum atomic E-state index is -1.20. The van der Waals surface area contributed by atoms with Gasteiger partial charge in [0, 0.05) is 22.9 Å². The summed E-state index contributed by atoms with van der Waals surface area (Å²) >= 11 is 1.30. The van der Waals surface area contributed by atoms with Crippen LogP contribution in [0.1, 0.15) is 15.9 Å². The first-order chi connectivity index (χ1) is 12.6. The van der Waals surface area contributed by atoms with Crippen LogP contribution in [-0.2, 0) is 9.67 Å². The molecule has 3 nitrogen and oxygen atoms in total. The highest BCUT2D eigenvalue weighted by Gasteiger charge is 2.55. The van der Waals surface area contributed by atoms with E-state index >= 15 is 0 Å². The van der Waals surface area contributed by atoms with E-state index in [0.29, 0.717) is 11.3 Å². The summed E-state index contributed by atoms with van der Waals surface area (Å²) in [4.78, 5) is 26.6. The molecular formula is C21H12FNO2S. The van der Waals surface area contributed by atoms with Crippen LogP contribution in [-0.4, -0.2) is 11.7 Å². The van der Waals surface area contributed by atoms with Crippen LogP contribution < -0.4 is 4.90 Å². The van der Waals surface area contributed by atoms with Crippen LogP contribution in [0, 0.1) is 5.82 Å². The number of carbonyl (C=O) groups excluding carboxylic acids is 2. The monoisotopic (exact) mass is 361 g/mol. The van der Waals surface area contributed by atoms with Crippen molar-refractivity contribution in [1.82, 2.24) is 0 Å². The van der Waals surface area contributed by atoms with Gasteiger partial charge < -0.3 is 0 Å². The molecule has 1 unspecified atom stereocenters. The molecular weight excluding hydrogens is 349 g/mol. The molecule has 0 radical (unpaired) electrons. The van der Waals surface area contributed by atoms with Crippen molar-refractivity contribution in [3.63, 3.8) is 0 Å². The highest BCUT2D eigenvalue weighted by molar-refractivity contribution is 8.04. The zero-order valence-corrected chi connectivity index (χ0v) is 14.3. The van der Waals surface area contributed by atoms with Gasteiger partial charge >= 0.3 is 0 Å². The lowest BCUT2D eigenvalue weighted by Crippen LogP contribution is -2.51. The van der Waals surface area contributed by atoms with Gasteiger partial charge in [0.15, 0.2) is 4.87 Å². The van der Waals surface area contributed by atoms with Gasteiger partial charge in [0.25, 0.3) is 5.91 Å². The number of rotatable bonds is 1. The number of halogens is 1. The highest BCUT2D eigenvalue weighted by atomic mass is 32.2. The largest absolute Gasteiger partial charge is 0.290 e. The number of ketones is 1. The first-order valence-electron chi connectivity index (χ1n) is 8.14. The van der Waals surface area contributed by atoms with E-state index in [4.69, 9.17) is 0 Å². The van der Waals surface area contributed by atoms with Gasteiger partial charge in [0.05, 0.1) is 0 Å². The maximum atomic E-state index is 13.5. The van der Waals surface area contributed by atoms with E-state index in [-0.39, 0.29) is 11.7 Å². The number of fused-ring (bicyclic) bond motifs is 1. The summed E-state index contributed by atoms with van der Waals surface area (Å²) < 4.78 is 13.4. The fourth-order valence-electron chi connectivity index (χ4n) is 3.83. The van der Waals surface area contributed by atoms with E-state index in [0.717, 1.165) is 16.3 Å². The quantitative estimate of drug-likeness (QED) is 0.635. The number of carbonyl (C=O) groups is 2. The molecule has 3 aromatic rings. The lowest BCUT2D eigenvalue weighted by atomic mass is 10.0. The van der Waals surface area contributed by atoms with Crippen molar-refractivity contribution in [2.75, 3.05) is 4.90 Å². The predicted molar refractivity (Wildman–Crippen MR) is 101 cm³/mol. The second-order valence-corrected chi connectivity index (χ2v) is 7.35. The van der Waals surface area contributed by atoms with E-state index in [1.54, 1.807) is 11.5 Å². The number of anilines is 1. The molecule has 0 bridgehead atoms. The van der Waals surface area contributed by atoms with Crippen LogP contribution in [0.2, 0.25) is 0 Å². The lowest BCUT2D eigenvalue weighted by Gasteiger charge is -2.41. The molecule has 0 aromatic heterocycles. The van der Waals surface area contributed by atoms with Crippen LogP contribution in [0.5, 0.6) is 0 Å². The van der Waals surface area contributed by atoms with E-state index in [1.807, 2.05) is 30.3 Å². The zero-order chi connectivity index (χ0) is 17.9. The van der Waals surface area contributed by atoms with Crippen molar-refractivity contribution in [1.29, 1.82) is 0 Å². The maximum absolute atomic E-state index is 13.5. The summed E-state index contributed by atoms with van der Waals surface area (Å²) in [5.41, 5.74) is 1.90. The number of benzene rings is 3. The molecule has 1 aliphatic carbocycles. The Morgan fingerprint density at radius 3 is 2.42 bits per heavy atom. The Kier molecular flexibility index (Phi) is 3.12. The van der Waals surface area contributed by atoms with Crippen molar-refractivity contribution < 1.29 is 14.0 Å². The van der Waals surface area contributed by atoms with Crippen LogP contribution in [0.4, 0.5) is 10.1 Å². The Bertz CT molecular complexity index is 1120. The molecule has 5 heteroatoms. The molecule has 0 N–H and O–H groups in total. The normalized spacial score (nSPS) is 21.2. The molecule has 126 valence electrons. The molecule has 26 heavy (non-hydrogen) atoms. The molecule has 0 saturated heterocycles. The van der Waals surface area contributed by atoms with Gasteiger partial charge in [0.2, 0.25) is 5.78 Å². The van der Waals surface area contributed by atoms with Crippen molar-refractivity contribution in [3.05, 3.63) is 89.1 Å². The number of hydrogen-bond donors (Lipinski definition) is 0. The number of amides is 1. The molecule has 2 aliphatic rings. The smallest absolute Gasteiger partial charge is 0.253 e. The Labute approximate surface area is 153 Å². The summed E-state index contributed by atoms with van der Waals surface area (Å²) in [5.74, 6) is -0.816. The van der Waals surface area contributed by atoms with Crippen molar-refractivity contribution in [2.45, 2.75) is 4.87 Å². The summed E-state index contributed by atoms with van der Waals surface area (Å²) in [6.07, 6.45) is 1.44. The van der Waals surface area contributed by atoms with E-state index in [1.165, 1.54) is 47.0 Å². The average molecular weight is 361 g/mol. The Balaban J connectivity index is 1.83. The number of thioether (sulfide) groups is 1. The fourth-order valence-corrected chi connectivity index (χ4v) is 5.03. The minimum Gasteiger partial charge on any atom is -0.290 e. The molecule has 3 aromatic carbocycles. The van der Waals surface area contributed by atoms with Crippen LogP contribution in [0.3, 0.4) is 0 Å². The van der Waals surface area contributed by atoms with Gasteiger partial charge in [-0.3, -0.25) is 14.5 Å². The number of nitrogens with zero attached hydrogens (tertiary/aromatic N) is 1. The zero-order valence-electron chi connectivity index (χ0n) is 13.5. The Morgan fingerprint density at radius 2 is 1.65 bits per heavy atom. The summed E-state index contributed by atoms with van der Waals surface area (Å²) in [7, 11) is 0. The predicted octanol–water partition coefficient (Wildman–Crippen LogP) is 4.62. The number of Topliss-reactive ketones (excluding diaryl/α,β-unsaturated/α-hetero) is 1. The average Bonchev–Trinajstić information content (AvgIpc) is 2.89. The first kappa shape index (κ1) is 15.3. The molecule has 1 atom stereocenters. The second-order valence-electron chi connectivity index (χ2n) is 6.25. The van der Waals surface area contributed by atoms with E-state index in [2.05, 4.69) is 0 Å². The molecule has 0 fully saturated rings. The standard InChI is InChI=1S/C21H12FNO2S/c22-14-7-9-15(10-8-14)23-18(24)11-12-26-21(23)17-6-2-4-13-3-1-5-16(19(13)17)20(21)25/h1-12H. The minimum absolute atomic E-state index is 0.128. The lowest BCUT2D eigenvalue weighted by molar-refractivity contribution is -0.114. The Hall–Kier alpha value is -2.92. The van der Waals surface area contributed by atoms with Gasteiger partial charge in [-0.05, 0) is 40.4 Å². The topological polar surface area (TPSA) is 37.4 Å². The van der Waals surface area contributed by atoms with Crippen molar-refractivity contribution >= 4 is 39.9 Å². The summed E-state index contributed by atoms with van der Waals surface area (Å²) in [6, 6.07) is 17.0. The van der Waals surface area contributed by atoms with Crippen molar-refractivity contribution in [2.24, 2.45) is 0 Å². The van der Waals surface area contributed by atoms with Gasteiger partial charge in [-0.25, -0.2) is 4.39 Å². The third kappa shape index (κ3) is 1.83. The third-order valence-electron chi connectivity index (χ3n) is 4.89. The van der Waals surface area contributed by atoms with E-state index in [9.17, 15) is 14.0 Å². The summed E-state index contributed by atoms with van der Waals surface area (Å²) in [6.45, 7) is 0. The highest BCUT2D eigenvalue weighted by Crippen LogP contribution is 2.54. The van der Waals surface area contributed by atoms with E-state index < -0.39 is 10.7 Å². The Morgan fingerprint density at radius 1 is 0.923 bits per heavy atom. The molecule has 5 rings (SSSR count). The first-order valence-corrected chi connectivity index (χ1v) is 9.02. The van der Waals surface area contributed by atoms with Crippen LogP contribution in [0.15, 0.2) is 72.1 Å². The summed E-state index contributed by atoms with van der Waals surface area (Å²) in [5, 5.41) is 3.51. The SMILES string of the molecule is O=C1C=CSC2(C(=O)c3cccc4cccc2c34)N1c1ccc(F)cc1. The molecule has 1 amide bonds.